The molecule has 2 rings (SSSR count). The van der Waals surface area contributed by atoms with Gasteiger partial charge in [0.05, 0.1) is 6.61 Å². The average Bonchev–Trinajstić information content (AvgIpc) is 2.48. The van der Waals surface area contributed by atoms with Crippen molar-refractivity contribution in [3.05, 3.63) is 41.7 Å². The Morgan fingerprint density at radius 2 is 1.95 bits per heavy atom. The van der Waals surface area contributed by atoms with Crippen LogP contribution < -0.4 is 16.6 Å². The molecular formula is C14H19N5O. The van der Waals surface area contributed by atoms with Crippen LogP contribution in [0.4, 0.5) is 17.3 Å². The van der Waals surface area contributed by atoms with E-state index in [2.05, 4.69) is 26.8 Å². The highest BCUT2D eigenvalue weighted by Crippen LogP contribution is 2.24. The lowest BCUT2D eigenvalue weighted by molar-refractivity contribution is 0.202. The number of hydrogen-bond donors (Lipinski definition) is 3. The van der Waals surface area contributed by atoms with Gasteiger partial charge in [-0.3, -0.25) is 0 Å². The molecule has 2 aromatic rings. The Morgan fingerprint density at radius 3 is 2.70 bits per heavy atom. The number of methoxy groups -OCH3 is 1. The van der Waals surface area contributed by atoms with Gasteiger partial charge < -0.3 is 15.5 Å². The first-order chi connectivity index (χ1) is 9.76. The van der Waals surface area contributed by atoms with E-state index in [1.54, 1.807) is 7.11 Å². The molecule has 1 heterocycles. The highest BCUT2D eigenvalue weighted by Gasteiger charge is 2.08. The first-order valence-electron chi connectivity index (χ1n) is 6.38. The number of nitrogens with two attached hydrogens (primary N) is 1. The summed E-state index contributed by atoms with van der Waals surface area (Å²) >= 11 is 0. The Balaban J connectivity index is 2.26. The zero-order valence-electron chi connectivity index (χ0n) is 11.7. The molecule has 0 aliphatic heterocycles. The molecule has 0 radical (unpaired) electrons. The van der Waals surface area contributed by atoms with Crippen LogP contribution in [0.3, 0.4) is 0 Å². The van der Waals surface area contributed by atoms with Crippen LogP contribution in [-0.4, -0.2) is 23.7 Å². The van der Waals surface area contributed by atoms with Gasteiger partial charge in [-0.1, -0.05) is 18.2 Å². The van der Waals surface area contributed by atoms with Crippen molar-refractivity contribution >= 4 is 17.3 Å². The Kier molecular flexibility index (Phi) is 4.86. The highest BCUT2D eigenvalue weighted by atomic mass is 16.5. The number of benzene rings is 1. The molecular weight excluding hydrogens is 254 g/mol. The van der Waals surface area contributed by atoms with Crippen LogP contribution in [0.2, 0.25) is 0 Å². The van der Waals surface area contributed by atoms with E-state index in [1.165, 1.54) is 11.9 Å². The van der Waals surface area contributed by atoms with Crippen molar-refractivity contribution < 1.29 is 4.74 Å². The fraction of sp³-hybridized carbons (Fsp3) is 0.286. The Morgan fingerprint density at radius 1 is 1.20 bits per heavy atom. The summed E-state index contributed by atoms with van der Waals surface area (Å²) in [6.45, 7) is 2.59. The lowest BCUT2D eigenvalue weighted by Gasteiger charge is -2.14. The van der Waals surface area contributed by atoms with Gasteiger partial charge in [0.1, 0.15) is 18.0 Å². The molecule has 20 heavy (non-hydrogen) atoms. The standard InChI is InChI=1S/C14H19N5O/c1-10-13(16-9-17-14(10)19-15)18-12-6-4-3-5-11(12)7-8-20-2/h3-6,9H,7-8,15H2,1-2H3,(H2,16,17,18,19). The van der Waals surface area contributed by atoms with Gasteiger partial charge in [-0.15, -0.1) is 0 Å². The van der Waals surface area contributed by atoms with Crippen molar-refractivity contribution in [3.8, 4) is 0 Å². The molecule has 0 fully saturated rings. The quantitative estimate of drug-likeness (QED) is 0.551. The number of nitrogen functional groups attached to an aromatic ring is 1. The number of nitrogens with one attached hydrogen (secondary N) is 2. The molecule has 0 saturated carbocycles. The molecule has 0 spiro atoms. The van der Waals surface area contributed by atoms with E-state index in [0.29, 0.717) is 12.4 Å². The molecule has 0 unspecified atom stereocenters. The maximum atomic E-state index is 5.42. The van der Waals surface area contributed by atoms with Gasteiger partial charge in [-0.2, -0.15) is 0 Å². The van der Waals surface area contributed by atoms with E-state index in [-0.39, 0.29) is 0 Å². The molecule has 0 bridgehead atoms. The van der Waals surface area contributed by atoms with Gasteiger partial charge in [-0.25, -0.2) is 15.8 Å². The minimum absolute atomic E-state index is 0.608. The molecule has 0 amide bonds. The smallest absolute Gasteiger partial charge is 0.148 e. The lowest BCUT2D eigenvalue weighted by atomic mass is 10.1. The van der Waals surface area contributed by atoms with Crippen molar-refractivity contribution in [2.24, 2.45) is 5.84 Å². The van der Waals surface area contributed by atoms with Gasteiger partial charge in [0, 0.05) is 18.4 Å². The highest BCUT2D eigenvalue weighted by molar-refractivity contribution is 5.66. The molecule has 4 N–H and O–H groups in total. The van der Waals surface area contributed by atoms with Crippen molar-refractivity contribution in [3.63, 3.8) is 0 Å². The molecule has 6 heteroatoms. The van der Waals surface area contributed by atoms with Crippen LogP contribution >= 0.6 is 0 Å². The number of nitrogens with zero attached hydrogens (tertiary/aromatic N) is 2. The molecule has 1 aromatic carbocycles. The van der Waals surface area contributed by atoms with Gasteiger partial charge in [0.25, 0.3) is 0 Å². The van der Waals surface area contributed by atoms with Crippen molar-refractivity contribution in [1.29, 1.82) is 0 Å². The van der Waals surface area contributed by atoms with Crippen LogP contribution in [0.25, 0.3) is 0 Å². The summed E-state index contributed by atoms with van der Waals surface area (Å²) in [5.41, 5.74) is 5.62. The molecule has 0 aliphatic rings. The van der Waals surface area contributed by atoms with E-state index in [9.17, 15) is 0 Å². The van der Waals surface area contributed by atoms with Crippen LogP contribution in [0.15, 0.2) is 30.6 Å². The molecule has 0 aliphatic carbocycles. The third kappa shape index (κ3) is 3.23. The van der Waals surface area contributed by atoms with E-state index < -0.39 is 0 Å². The van der Waals surface area contributed by atoms with E-state index in [1.807, 2.05) is 25.1 Å². The number of anilines is 3. The summed E-state index contributed by atoms with van der Waals surface area (Å²) in [6.07, 6.45) is 2.31. The summed E-state index contributed by atoms with van der Waals surface area (Å²) < 4.78 is 5.13. The van der Waals surface area contributed by atoms with Gasteiger partial charge >= 0.3 is 0 Å². The minimum Gasteiger partial charge on any atom is -0.384 e. The third-order valence-corrected chi connectivity index (χ3v) is 3.07. The largest absolute Gasteiger partial charge is 0.384 e. The second-order valence-electron chi connectivity index (χ2n) is 4.37. The normalized spacial score (nSPS) is 10.3. The number of para-hydroxylation sites is 1. The zero-order chi connectivity index (χ0) is 14.4. The summed E-state index contributed by atoms with van der Waals surface area (Å²) in [4.78, 5) is 8.32. The number of hydrazine groups is 1. The Bertz CT molecular complexity index is 573. The Hall–Kier alpha value is -2.18. The summed E-state index contributed by atoms with van der Waals surface area (Å²) in [6, 6.07) is 8.08. The van der Waals surface area contributed by atoms with E-state index in [4.69, 9.17) is 10.6 Å². The monoisotopic (exact) mass is 273 g/mol. The zero-order valence-corrected chi connectivity index (χ0v) is 11.7. The molecule has 0 atom stereocenters. The van der Waals surface area contributed by atoms with Crippen molar-refractivity contribution in [1.82, 2.24) is 9.97 Å². The topological polar surface area (TPSA) is 85.1 Å². The molecule has 0 saturated heterocycles. The number of rotatable bonds is 6. The van der Waals surface area contributed by atoms with Gasteiger partial charge in [0.15, 0.2) is 0 Å². The van der Waals surface area contributed by atoms with E-state index in [0.717, 1.165) is 23.5 Å². The summed E-state index contributed by atoms with van der Waals surface area (Å²) in [7, 11) is 1.70. The van der Waals surface area contributed by atoms with Crippen molar-refractivity contribution in [2.75, 3.05) is 24.5 Å². The number of aromatic nitrogens is 2. The fourth-order valence-electron chi connectivity index (χ4n) is 1.92. The maximum absolute atomic E-state index is 5.42. The molecule has 106 valence electrons. The second-order valence-corrected chi connectivity index (χ2v) is 4.37. The van der Waals surface area contributed by atoms with Crippen LogP contribution in [-0.2, 0) is 11.2 Å². The first kappa shape index (κ1) is 14.2. The molecule has 1 aromatic heterocycles. The fourth-order valence-corrected chi connectivity index (χ4v) is 1.92. The van der Waals surface area contributed by atoms with Gasteiger partial charge in [0.2, 0.25) is 0 Å². The van der Waals surface area contributed by atoms with Crippen LogP contribution in [0.5, 0.6) is 0 Å². The SMILES string of the molecule is COCCc1ccccc1Nc1ncnc(NN)c1C. The lowest BCUT2D eigenvalue weighted by Crippen LogP contribution is -2.12. The predicted octanol–water partition coefficient (Wildman–Crippen LogP) is 2.00. The van der Waals surface area contributed by atoms with E-state index >= 15 is 0 Å². The van der Waals surface area contributed by atoms with Gasteiger partial charge in [-0.05, 0) is 25.0 Å². The molecule has 6 nitrogen and oxygen atoms in total. The summed E-state index contributed by atoms with van der Waals surface area (Å²) in [5.74, 6) is 6.77. The Labute approximate surface area is 118 Å². The second kappa shape index (κ2) is 6.83. The number of hydrogen-bond acceptors (Lipinski definition) is 6. The first-order valence-corrected chi connectivity index (χ1v) is 6.38. The number of ether oxygens (including phenoxy) is 1. The maximum Gasteiger partial charge on any atom is 0.148 e. The third-order valence-electron chi connectivity index (χ3n) is 3.07. The van der Waals surface area contributed by atoms with Crippen LogP contribution in [0.1, 0.15) is 11.1 Å². The predicted molar refractivity (Wildman–Crippen MR) is 79.9 cm³/mol. The van der Waals surface area contributed by atoms with Crippen molar-refractivity contribution in [2.45, 2.75) is 13.3 Å². The summed E-state index contributed by atoms with van der Waals surface area (Å²) in [5, 5.41) is 3.32. The minimum atomic E-state index is 0.608. The van der Waals surface area contributed by atoms with Crippen LogP contribution in [0, 0.1) is 6.92 Å². The average molecular weight is 273 g/mol.